The normalized spacial score (nSPS) is 19.2. The van der Waals surface area contributed by atoms with Crippen LogP contribution in [-0.2, 0) is 4.74 Å². The van der Waals surface area contributed by atoms with Crippen LogP contribution in [-0.4, -0.2) is 87.9 Å². The highest BCUT2D eigenvalue weighted by Gasteiger charge is 2.38. The summed E-state index contributed by atoms with van der Waals surface area (Å²) in [7, 11) is 1.80. The SMILES string of the molecule is Cc1ccc(F)c(C2CN(c3ncc(C(=O)N(C)C4CCN(c5nc(C(C)C)no5)CC4)cn3)CC2NC(=O)OC(C)(C)C)c1. The highest BCUT2D eigenvalue weighted by Crippen LogP contribution is 2.32. The van der Waals surface area contributed by atoms with E-state index in [1.165, 1.54) is 18.5 Å². The maximum Gasteiger partial charge on any atom is 0.407 e. The number of aryl methyl sites for hydroxylation is 1. The molecule has 0 radical (unpaired) electrons. The zero-order valence-corrected chi connectivity index (χ0v) is 27.1. The highest BCUT2D eigenvalue weighted by molar-refractivity contribution is 5.93. The molecule has 0 saturated carbocycles. The van der Waals surface area contributed by atoms with E-state index in [1.54, 1.807) is 44.9 Å². The minimum absolute atomic E-state index is 0.0455. The molecule has 0 spiro atoms. The third-order valence-corrected chi connectivity index (χ3v) is 8.29. The van der Waals surface area contributed by atoms with Crippen LogP contribution in [0.3, 0.4) is 0 Å². The van der Waals surface area contributed by atoms with Gasteiger partial charge < -0.3 is 29.3 Å². The van der Waals surface area contributed by atoms with Crippen molar-refractivity contribution in [2.24, 2.45) is 0 Å². The number of anilines is 2. The van der Waals surface area contributed by atoms with E-state index in [0.717, 1.165) is 18.4 Å². The van der Waals surface area contributed by atoms with Crippen LogP contribution in [0.1, 0.15) is 86.6 Å². The van der Waals surface area contributed by atoms with Gasteiger partial charge in [0, 0.05) is 63.5 Å². The van der Waals surface area contributed by atoms with Gasteiger partial charge in [0.2, 0.25) is 5.95 Å². The second-order valence-electron chi connectivity index (χ2n) is 13.3. The van der Waals surface area contributed by atoms with E-state index < -0.39 is 17.7 Å². The van der Waals surface area contributed by atoms with Crippen molar-refractivity contribution in [3.63, 3.8) is 0 Å². The van der Waals surface area contributed by atoms with Gasteiger partial charge in [0.1, 0.15) is 11.4 Å². The van der Waals surface area contributed by atoms with Gasteiger partial charge in [-0.3, -0.25) is 4.79 Å². The molecule has 2 atom stereocenters. The summed E-state index contributed by atoms with van der Waals surface area (Å²) in [6.45, 7) is 13.5. The number of hydrogen-bond acceptors (Lipinski definition) is 10. The number of aromatic nitrogens is 4. The van der Waals surface area contributed by atoms with Gasteiger partial charge in [-0.25, -0.2) is 19.2 Å². The van der Waals surface area contributed by atoms with E-state index in [2.05, 4.69) is 30.3 Å². The number of benzene rings is 1. The molecular weight excluding hydrogens is 579 g/mol. The number of hydrogen-bond donors (Lipinski definition) is 1. The first-order valence-electron chi connectivity index (χ1n) is 15.5. The molecule has 1 N–H and O–H groups in total. The molecule has 3 aromatic rings. The van der Waals surface area contributed by atoms with Crippen molar-refractivity contribution < 1.29 is 23.2 Å². The van der Waals surface area contributed by atoms with Crippen LogP contribution in [0.5, 0.6) is 0 Å². The van der Waals surface area contributed by atoms with Gasteiger partial charge in [-0.05, 0) is 52.2 Å². The Morgan fingerprint density at radius 2 is 1.80 bits per heavy atom. The summed E-state index contributed by atoms with van der Waals surface area (Å²) in [5, 5.41) is 6.98. The smallest absolute Gasteiger partial charge is 0.407 e. The first kappa shape index (κ1) is 32.1. The second-order valence-corrected chi connectivity index (χ2v) is 13.3. The minimum atomic E-state index is -0.673. The van der Waals surface area contributed by atoms with E-state index in [1.807, 2.05) is 25.7 Å². The number of nitrogens with one attached hydrogen (secondary N) is 1. The molecule has 0 aliphatic carbocycles. The van der Waals surface area contributed by atoms with E-state index in [9.17, 15) is 14.0 Å². The summed E-state index contributed by atoms with van der Waals surface area (Å²) in [6, 6.07) is 5.10. The summed E-state index contributed by atoms with van der Waals surface area (Å²) in [5.41, 5.74) is 1.14. The summed E-state index contributed by atoms with van der Waals surface area (Å²) in [5.74, 6) is 0.417. The predicted molar refractivity (Wildman–Crippen MR) is 167 cm³/mol. The molecule has 2 saturated heterocycles. The fourth-order valence-electron chi connectivity index (χ4n) is 5.83. The standard InChI is InChI=1S/C32H43FN8O4/c1-19(2)27-37-30(45-38-27)40-12-10-22(11-13-40)39(7)28(42)21-15-34-29(35-16-21)41-17-24(23-14-20(3)8-9-25(23)33)26(18-41)36-31(43)44-32(4,5)6/h8-9,14-16,19,22,24,26H,10-13,17-18H2,1-7H3,(H,36,43). The number of amides is 2. The van der Waals surface area contributed by atoms with Crippen LogP contribution in [0.25, 0.3) is 0 Å². The van der Waals surface area contributed by atoms with Crippen molar-refractivity contribution in [3.8, 4) is 0 Å². The Morgan fingerprint density at radius 1 is 1.11 bits per heavy atom. The monoisotopic (exact) mass is 622 g/mol. The Bertz CT molecular complexity index is 1500. The van der Waals surface area contributed by atoms with Crippen molar-refractivity contribution in [2.75, 3.05) is 43.0 Å². The van der Waals surface area contributed by atoms with Gasteiger partial charge in [0.25, 0.3) is 5.91 Å². The first-order valence-corrected chi connectivity index (χ1v) is 15.5. The lowest BCUT2D eigenvalue weighted by atomic mass is 9.92. The number of piperidine rings is 1. The van der Waals surface area contributed by atoms with Crippen molar-refractivity contribution in [2.45, 2.75) is 83.9 Å². The van der Waals surface area contributed by atoms with Gasteiger partial charge >= 0.3 is 12.1 Å². The predicted octanol–water partition coefficient (Wildman–Crippen LogP) is 4.67. The molecule has 2 aliphatic rings. The van der Waals surface area contributed by atoms with E-state index in [0.29, 0.717) is 55.1 Å². The molecule has 0 bridgehead atoms. The molecule has 2 unspecified atom stereocenters. The van der Waals surface area contributed by atoms with Crippen molar-refractivity contribution in [1.29, 1.82) is 0 Å². The van der Waals surface area contributed by atoms with E-state index in [-0.39, 0.29) is 29.6 Å². The minimum Gasteiger partial charge on any atom is -0.444 e. The van der Waals surface area contributed by atoms with Crippen LogP contribution in [0, 0.1) is 12.7 Å². The average Bonchev–Trinajstić information content (AvgIpc) is 3.65. The van der Waals surface area contributed by atoms with Crippen molar-refractivity contribution in [1.82, 2.24) is 30.3 Å². The number of ether oxygens (including phenoxy) is 1. The van der Waals surface area contributed by atoms with E-state index in [4.69, 9.17) is 9.26 Å². The Hall–Kier alpha value is -4.29. The molecule has 2 aromatic heterocycles. The maximum absolute atomic E-state index is 15.0. The largest absolute Gasteiger partial charge is 0.444 e. The Labute approximate surface area is 263 Å². The van der Waals surface area contributed by atoms with Gasteiger partial charge in [-0.2, -0.15) is 4.98 Å². The van der Waals surface area contributed by atoms with Crippen LogP contribution >= 0.6 is 0 Å². The van der Waals surface area contributed by atoms with Crippen LogP contribution < -0.4 is 15.1 Å². The van der Waals surface area contributed by atoms with Gasteiger partial charge in [-0.15, -0.1) is 0 Å². The summed E-state index contributed by atoms with van der Waals surface area (Å²) in [4.78, 5) is 45.3. The number of nitrogens with zero attached hydrogens (tertiary/aromatic N) is 7. The fourth-order valence-corrected chi connectivity index (χ4v) is 5.83. The number of alkyl carbamates (subject to hydrolysis) is 1. The molecule has 13 heteroatoms. The molecule has 2 amide bonds. The topological polar surface area (TPSA) is 130 Å². The van der Waals surface area contributed by atoms with Gasteiger partial charge in [0.05, 0.1) is 11.6 Å². The zero-order valence-electron chi connectivity index (χ0n) is 27.1. The van der Waals surface area contributed by atoms with Gasteiger partial charge in [0.15, 0.2) is 5.82 Å². The van der Waals surface area contributed by atoms with Crippen LogP contribution in [0.2, 0.25) is 0 Å². The van der Waals surface area contributed by atoms with Crippen LogP contribution in [0.15, 0.2) is 35.1 Å². The Kier molecular flexibility index (Phi) is 9.26. The lowest BCUT2D eigenvalue weighted by Gasteiger charge is -2.35. The second kappa shape index (κ2) is 13.0. The molecule has 242 valence electrons. The molecule has 2 fully saturated rings. The quantitative estimate of drug-likeness (QED) is 0.397. The molecular formula is C32H43FN8O4. The molecule has 1 aromatic carbocycles. The summed E-state index contributed by atoms with van der Waals surface area (Å²) >= 11 is 0. The number of rotatable bonds is 7. The van der Waals surface area contributed by atoms with Crippen LogP contribution in [0.4, 0.5) is 21.1 Å². The number of carbonyl (C=O) groups is 2. The molecule has 4 heterocycles. The summed E-state index contributed by atoms with van der Waals surface area (Å²) in [6.07, 6.45) is 4.01. The van der Waals surface area contributed by atoms with Gasteiger partial charge in [-0.1, -0.05) is 36.7 Å². The zero-order chi connectivity index (χ0) is 32.5. The molecule has 45 heavy (non-hydrogen) atoms. The number of halogens is 1. The van der Waals surface area contributed by atoms with E-state index >= 15 is 0 Å². The molecule has 2 aliphatic heterocycles. The fraction of sp³-hybridized carbons (Fsp3) is 0.562. The average molecular weight is 623 g/mol. The Morgan fingerprint density at radius 3 is 2.42 bits per heavy atom. The molecule has 5 rings (SSSR count). The molecule has 12 nitrogen and oxygen atoms in total. The highest BCUT2D eigenvalue weighted by atomic mass is 19.1. The first-order chi connectivity index (χ1) is 21.3. The lowest BCUT2D eigenvalue weighted by Crippen LogP contribution is -2.45. The third-order valence-electron chi connectivity index (χ3n) is 8.29. The number of carbonyl (C=O) groups excluding carboxylic acids is 2. The third kappa shape index (κ3) is 7.51. The van der Waals surface area contributed by atoms with Crippen molar-refractivity contribution >= 4 is 24.0 Å². The summed E-state index contributed by atoms with van der Waals surface area (Å²) < 4.78 is 25.9. The maximum atomic E-state index is 15.0. The van der Waals surface area contributed by atoms with Crippen molar-refractivity contribution in [3.05, 3.63) is 58.9 Å². The lowest BCUT2D eigenvalue weighted by molar-refractivity contribution is 0.0504. The Balaban J connectivity index is 1.24.